The molecule has 2 aromatic carbocycles. The number of aromatic hydroxyl groups is 1. The largest absolute Gasteiger partial charge is 1.00 e. The number of benzene rings is 2. The number of methoxy groups -OCH3 is 1. The molecule has 0 amide bonds. The Kier molecular flexibility index (Phi) is 6.52. The van der Waals surface area contributed by atoms with Gasteiger partial charge in [0.1, 0.15) is 5.82 Å². The Morgan fingerprint density at radius 3 is 2.64 bits per heavy atom. The molecule has 4 rings (SSSR count). The van der Waals surface area contributed by atoms with Gasteiger partial charge in [-0.1, -0.05) is 17.4 Å². The molecule has 1 aliphatic rings. The highest BCUT2D eigenvalue weighted by atomic mass is 79.9. The van der Waals surface area contributed by atoms with E-state index in [0.717, 1.165) is 42.6 Å². The van der Waals surface area contributed by atoms with E-state index in [2.05, 4.69) is 16.0 Å². The van der Waals surface area contributed by atoms with Crippen LogP contribution in [0.5, 0.6) is 11.5 Å². The first-order chi connectivity index (χ1) is 13.2. The average molecular weight is 462 g/mol. The summed E-state index contributed by atoms with van der Waals surface area (Å²) in [5.74, 6) is 0.402. The van der Waals surface area contributed by atoms with E-state index in [4.69, 9.17) is 4.74 Å². The first-order valence-corrected chi connectivity index (χ1v) is 9.89. The van der Waals surface area contributed by atoms with Crippen molar-refractivity contribution >= 4 is 23.0 Å². The van der Waals surface area contributed by atoms with Crippen LogP contribution in [0.2, 0.25) is 0 Å². The second-order valence-corrected chi connectivity index (χ2v) is 7.50. The number of allylic oxidation sites excluding steroid dienone is 1. The number of hydrogen-bond acceptors (Lipinski definition) is 3. The Bertz CT molecular complexity index is 998. The summed E-state index contributed by atoms with van der Waals surface area (Å²) < 4.78 is 20.7. The van der Waals surface area contributed by atoms with E-state index in [1.54, 1.807) is 30.6 Å². The molecule has 146 valence electrons. The standard InChI is InChI=1S/C22H20FNO2S.BrH/c1-26-21-10-5-15(13-20(21)25)12-17-4-2-3-11-24-19(14-27-22(17)24)16-6-8-18(23)9-7-16;/h5-10,12-14H,2-4,11H2,1H3;1H/b17-12-;. The van der Waals surface area contributed by atoms with Gasteiger partial charge in [-0.05, 0) is 60.9 Å². The molecule has 3 aromatic rings. The minimum atomic E-state index is -0.218. The molecule has 1 aromatic heterocycles. The minimum absolute atomic E-state index is 0. The van der Waals surface area contributed by atoms with Crippen molar-refractivity contribution in [1.82, 2.24) is 0 Å². The van der Waals surface area contributed by atoms with Gasteiger partial charge in [0.15, 0.2) is 18.0 Å². The van der Waals surface area contributed by atoms with Crippen molar-refractivity contribution in [3.05, 3.63) is 64.2 Å². The first kappa shape index (κ1) is 20.6. The summed E-state index contributed by atoms with van der Waals surface area (Å²) >= 11 is 1.72. The number of thiazole rings is 1. The number of hydrogen-bond donors (Lipinski definition) is 1. The number of aromatic nitrogens is 1. The van der Waals surface area contributed by atoms with Crippen molar-refractivity contribution < 1.29 is 35.8 Å². The molecule has 0 spiro atoms. The molecule has 0 radical (unpaired) electrons. The topological polar surface area (TPSA) is 33.3 Å². The lowest BCUT2D eigenvalue weighted by Gasteiger charge is -2.05. The number of phenols is 1. The molecule has 0 atom stereocenters. The number of nitrogens with zero attached hydrogens (tertiary/aromatic N) is 1. The molecule has 1 aliphatic heterocycles. The van der Waals surface area contributed by atoms with E-state index in [1.807, 2.05) is 18.2 Å². The van der Waals surface area contributed by atoms with Crippen LogP contribution < -0.4 is 26.3 Å². The molecule has 0 unspecified atom stereocenters. The minimum Gasteiger partial charge on any atom is -1.00 e. The van der Waals surface area contributed by atoms with Crippen LogP contribution in [0.15, 0.2) is 47.8 Å². The van der Waals surface area contributed by atoms with Crippen LogP contribution in [0, 0.1) is 5.82 Å². The molecule has 0 saturated carbocycles. The number of ether oxygens (including phenoxy) is 1. The molecular formula is C22H21BrFNO2S. The lowest BCUT2D eigenvalue weighted by atomic mass is 10.1. The first-order valence-electron chi connectivity index (χ1n) is 9.01. The highest BCUT2D eigenvalue weighted by Crippen LogP contribution is 2.33. The van der Waals surface area contributed by atoms with Crippen molar-refractivity contribution in [2.45, 2.75) is 25.8 Å². The van der Waals surface area contributed by atoms with E-state index in [-0.39, 0.29) is 28.5 Å². The Labute approximate surface area is 178 Å². The summed E-state index contributed by atoms with van der Waals surface area (Å²) in [6.07, 6.45) is 5.36. The third kappa shape index (κ3) is 4.13. The zero-order valence-electron chi connectivity index (χ0n) is 15.5. The molecule has 0 fully saturated rings. The molecular weight excluding hydrogens is 441 g/mol. The Balaban J connectivity index is 0.00000225. The van der Waals surface area contributed by atoms with E-state index >= 15 is 0 Å². The maximum atomic E-state index is 13.3. The fourth-order valence-corrected chi connectivity index (χ4v) is 4.60. The van der Waals surface area contributed by atoms with Crippen molar-refractivity contribution in [3.8, 4) is 22.8 Å². The third-order valence-electron chi connectivity index (χ3n) is 4.85. The second kappa shape index (κ2) is 8.88. The van der Waals surface area contributed by atoms with E-state index in [9.17, 15) is 9.50 Å². The van der Waals surface area contributed by atoms with E-state index in [0.29, 0.717) is 5.75 Å². The van der Waals surface area contributed by atoms with E-state index < -0.39 is 0 Å². The smallest absolute Gasteiger partial charge is 0.265 e. The second-order valence-electron chi connectivity index (χ2n) is 6.64. The van der Waals surface area contributed by atoms with Crippen molar-refractivity contribution in [2.24, 2.45) is 0 Å². The van der Waals surface area contributed by atoms with Crippen LogP contribution >= 0.6 is 11.3 Å². The van der Waals surface area contributed by atoms with Gasteiger partial charge in [-0.2, -0.15) is 4.57 Å². The van der Waals surface area contributed by atoms with Gasteiger partial charge < -0.3 is 26.8 Å². The van der Waals surface area contributed by atoms with Gasteiger partial charge in [-0.25, -0.2) is 4.39 Å². The highest BCUT2D eigenvalue weighted by Gasteiger charge is 2.26. The average Bonchev–Trinajstić information content (AvgIpc) is 2.99. The highest BCUT2D eigenvalue weighted by molar-refractivity contribution is 7.10. The van der Waals surface area contributed by atoms with Gasteiger partial charge in [0.25, 0.3) is 5.01 Å². The number of halogens is 2. The maximum Gasteiger partial charge on any atom is 0.265 e. The Hall–Kier alpha value is -2.18. The van der Waals surface area contributed by atoms with Crippen molar-refractivity contribution in [1.29, 1.82) is 0 Å². The summed E-state index contributed by atoms with van der Waals surface area (Å²) in [7, 11) is 1.55. The third-order valence-corrected chi connectivity index (χ3v) is 5.90. The van der Waals surface area contributed by atoms with Crippen LogP contribution in [0.3, 0.4) is 0 Å². The summed E-state index contributed by atoms with van der Waals surface area (Å²) in [4.78, 5) is 0. The van der Waals surface area contributed by atoms with Crippen molar-refractivity contribution in [3.63, 3.8) is 0 Å². The van der Waals surface area contributed by atoms with Gasteiger partial charge in [0.05, 0.1) is 12.5 Å². The quantitative estimate of drug-likeness (QED) is 0.607. The van der Waals surface area contributed by atoms with Crippen LogP contribution in [0.1, 0.15) is 29.8 Å². The summed E-state index contributed by atoms with van der Waals surface area (Å²) in [6.45, 7) is 0.955. The summed E-state index contributed by atoms with van der Waals surface area (Å²) in [6, 6.07) is 12.2. The predicted octanol–water partition coefficient (Wildman–Crippen LogP) is 2.28. The van der Waals surface area contributed by atoms with Gasteiger partial charge in [-0.3, -0.25) is 0 Å². The number of rotatable bonds is 3. The summed E-state index contributed by atoms with van der Waals surface area (Å²) in [5.41, 5.74) is 4.37. The lowest BCUT2D eigenvalue weighted by molar-refractivity contribution is -0.683. The molecule has 2 heterocycles. The van der Waals surface area contributed by atoms with Gasteiger partial charge >= 0.3 is 0 Å². The zero-order valence-corrected chi connectivity index (χ0v) is 17.9. The normalized spacial score (nSPS) is 14.9. The Morgan fingerprint density at radius 2 is 1.93 bits per heavy atom. The maximum absolute atomic E-state index is 13.3. The van der Waals surface area contributed by atoms with E-state index in [1.165, 1.54) is 22.7 Å². The zero-order chi connectivity index (χ0) is 18.8. The van der Waals surface area contributed by atoms with Crippen LogP contribution in [-0.2, 0) is 6.54 Å². The van der Waals surface area contributed by atoms with Crippen molar-refractivity contribution in [2.75, 3.05) is 7.11 Å². The SMILES string of the molecule is COc1ccc(/C=C2/CCCC[n+]3c(-c4ccc(F)cc4)csc32)cc1O.[Br-]. The molecule has 0 saturated heterocycles. The molecule has 28 heavy (non-hydrogen) atoms. The molecule has 6 heteroatoms. The van der Waals surface area contributed by atoms with Crippen LogP contribution in [0.25, 0.3) is 22.9 Å². The molecule has 1 N–H and O–H groups in total. The fourth-order valence-electron chi connectivity index (χ4n) is 3.49. The van der Waals surface area contributed by atoms with Crippen LogP contribution in [0.4, 0.5) is 4.39 Å². The molecule has 0 bridgehead atoms. The monoisotopic (exact) mass is 461 g/mol. The summed E-state index contributed by atoms with van der Waals surface area (Å²) in [5, 5.41) is 13.4. The fraction of sp³-hybridized carbons (Fsp3) is 0.227. The molecule has 0 aliphatic carbocycles. The van der Waals surface area contributed by atoms with Gasteiger partial charge in [-0.15, -0.1) is 0 Å². The van der Waals surface area contributed by atoms with Gasteiger partial charge in [0, 0.05) is 17.6 Å². The van der Waals surface area contributed by atoms with Gasteiger partial charge in [0.2, 0.25) is 5.69 Å². The predicted molar refractivity (Wildman–Crippen MR) is 106 cm³/mol. The molecule has 3 nitrogen and oxygen atoms in total. The number of phenolic OH excluding ortho intramolecular Hbond substituents is 1. The van der Waals surface area contributed by atoms with Crippen LogP contribution in [-0.4, -0.2) is 12.2 Å². The Morgan fingerprint density at radius 1 is 1.14 bits per heavy atom. The lowest BCUT2D eigenvalue weighted by Crippen LogP contribution is -3.00. The number of fused-ring (bicyclic) bond motifs is 1.